The summed E-state index contributed by atoms with van der Waals surface area (Å²) < 4.78 is 0. The minimum absolute atomic E-state index is 0.0361. The lowest BCUT2D eigenvalue weighted by Crippen LogP contribution is -2.39. The maximum absolute atomic E-state index is 12.9. The van der Waals surface area contributed by atoms with Gasteiger partial charge < -0.3 is 4.90 Å². The molecule has 0 radical (unpaired) electrons. The van der Waals surface area contributed by atoms with E-state index in [1.807, 2.05) is 4.90 Å². The number of rotatable bonds is 3. The Balaban J connectivity index is 1.51. The van der Waals surface area contributed by atoms with E-state index in [0.29, 0.717) is 17.5 Å². The van der Waals surface area contributed by atoms with Crippen molar-refractivity contribution in [2.75, 3.05) is 13.1 Å². The molecule has 3 heterocycles. The van der Waals surface area contributed by atoms with Crippen LogP contribution in [0.25, 0.3) is 0 Å². The molecule has 0 aromatic carbocycles. The Labute approximate surface area is 146 Å². The second-order valence-corrected chi connectivity index (χ2v) is 8.09. The van der Waals surface area contributed by atoms with E-state index in [0.717, 1.165) is 50.3 Å². The predicted molar refractivity (Wildman–Crippen MR) is 93.5 cm³/mol. The van der Waals surface area contributed by atoms with Gasteiger partial charge in [0.2, 0.25) is 0 Å². The van der Waals surface area contributed by atoms with Gasteiger partial charge in [0.05, 0.1) is 10.7 Å². The van der Waals surface area contributed by atoms with Gasteiger partial charge in [-0.15, -0.1) is 11.3 Å². The largest absolute Gasteiger partial charge is 0.337 e. The molecule has 2 aromatic rings. The van der Waals surface area contributed by atoms with Crippen LogP contribution in [0.2, 0.25) is 0 Å². The SMILES string of the molecule is Cc1nc([C@@H]2CCCN(C(=O)c3ccnc(C4CC4)n3)C2)sc1C. The van der Waals surface area contributed by atoms with Gasteiger partial charge in [-0.05, 0) is 45.6 Å². The number of nitrogens with zero attached hydrogens (tertiary/aromatic N) is 4. The van der Waals surface area contributed by atoms with Gasteiger partial charge >= 0.3 is 0 Å². The molecule has 0 unspecified atom stereocenters. The molecule has 126 valence electrons. The summed E-state index contributed by atoms with van der Waals surface area (Å²) in [7, 11) is 0. The van der Waals surface area contributed by atoms with Gasteiger partial charge in [0.25, 0.3) is 5.91 Å². The third-order valence-corrected chi connectivity index (χ3v) is 6.17. The topological polar surface area (TPSA) is 59.0 Å². The number of hydrogen-bond acceptors (Lipinski definition) is 5. The summed E-state index contributed by atoms with van der Waals surface area (Å²) in [5, 5.41) is 1.17. The van der Waals surface area contributed by atoms with Crippen molar-refractivity contribution in [2.24, 2.45) is 0 Å². The molecule has 1 amide bonds. The Bertz CT molecular complexity index is 749. The smallest absolute Gasteiger partial charge is 0.272 e. The van der Waals surface area contributed by atoms with Crippen LogP contribution in [-0.4, -0.2) is 38.8 Å². The van der Waals surface area contributed by atoms with Crippen LogP contribution in [0.5, 0.6) is 0 Å². The summed E-state index contributed by atoms with van der Waals surface area (Å²) in [5.41, 5.74) is 1.65. The van der Waals surface area contributed by atoms with Crippen molar-refractivity contribution in [1.82, 2.24) is 19.9 Å². The molecule has 2 aromatic heterocycles. The van der Waals surface area contributed by atoms with Crippen molar-refractivity contribution in [3.8, 4) is 0 Å². The zero-order valence-corrected chi connectivity index (χ0v) is 15.0. The molecule has 0 N–H and O–H groups in total. The third-order valence-electron chi connectivity index (χ3n) is 4.94. The fraction of sp³-hybridized carbons (Fsp3) is 0.556. The Morgan fingerprint density at radius 2 is 2.04 bits per heavy atom. The summed E-state index contributed by atoms with van der Waals surface area (Å²) >= 11 is 1.77. The number of thiazole rings is 1. The van der Waals surface area contributed by atoms with Crippen LogP contribution < -0.4 is 0 Å². The number of aromatic nitrogens is 3. The standard InChI is InChI=1S/C18H22N4OS/c1-11-12(2)24-17(20-11)14-4-3-9-22(10-14)18(23)15-7-8-19-16(21-15)13-5-6-13/h7-8,13-14H,3-6,9-10H2,1-2H3/t14-/m1/s1. The van der Waals surface area contributed by atoms with Crippen molar-refractivity contribution < 1.29 is 4.79 Å². The predicted octanol–water partition coefficient (Wildman–Crippen LogP) is 3.45. The first kappa shape index (κ1) is 15.7. The van der Waals surface area contributed by atoms with Crippen molar-refractivity contribution in [3.63, 3.8) is 0 Å². The van der Waals surface area contributed by atoms with E-state index in [1.165, 1.54) is 9.88 Å². The molecule has 2 fully saturated rings. The fourth-order valence-corrected chi connectivity index (χ4v) is 4.28. The summed E-state index contributed by atoms with van der Waals surface area (Å²) in [6.07, 6.45) is 6.14. The first-order valence-corrected chi connectivity index (χ1v) is 9.49. The molecule has 4 rings (SSSR count). The maximum Gasteiger partial charge on any atom is 0.272 e. The van der Waals surface area contributed by atoms with Crippen molar-refractivity contribution in [2.45, 2.75) is 51.4 Å². The van der Waals surface area contributed by atoms with Crippen LogP contribution in [-0.2, 0) is 0 Å². The number of likely N-dealkylation sites (tertiary alicyclic amines) is 1. The van der Waals surface area contributed by atoms with Crippen molar-refractivity contribution >= 4 is 17.2 Å². The Morgan fingerprint density at radius 1 is 1.21 bits per heavy atom. The molecule has 1 aliphatic heterocycles. The van der Waals surface area contributed by atoms with Gasteiger partial charge in [-0.3, -0.25) is 4.79 Å². The average molecular weight is 342 g/mol. The molecule has 1 saturated heterocycles. The van der Waals surface area contributed by atoms with Gasteiger partial charge in [-0.2, -0.15) is 0 Å². The van der Waals surface area contributed by atoms with E-state index in [1.54, 1.807) is 23.6 Å². The number of carbonyl (C=O) groups is 1. The highest BCUT2D eigenvalue weighted by Crippen LogP contribution is 2.38. The lowest BCUT2D eigenvalue weighted by molar-refractivity contribution is 0.0700. The lowest BCUT2D eigenvalue weighted by Gasteiger charge is -2.31. The van der Waals surface area contributed by atoms with Gasteiger partial charge in [-0.25, -0.2) is 15.0 Å². The van der Waals surface area contributed by atoms with E-state index < -0.39 is 0 Å². The van der Waals surface area contributed by atoms with Crippen LogP contribution >= 0.6 is 11.3 Å². The third kappa shape index (κ3) is 3.07. The first-order valence-electron chi connectivity index (χ1n) is 8.68. The average Bonchev–Trinajstić information content (AvgIpc) is 3.40. The van der Waals surface area contributed by atoms with Gasteiger partial charge in [-0.1, -0.05) is 0 Å². The van der Waals surface area contributed by atoms with Crippen LogP contribution in [0, 0.1) is 13.8 Å². The summed E-state index contributed by atoms with van der Waals surface area (Å²) in [5.74, 6) is 1.69. The van der Waals surface area contributed by atoms with Crippen LogP contribution in [0.3, 0.4) is 0 Å². The zero-order valence-electron chi connectivity index (χ0n) is 14.2. The quantitative estimate of drug-likeness (QED) is 0.857. The molecular formula is C18H22N4OS. The highest BCUT2D eigenvalue weighted by Gasteiger charge is 2.30. The van der Waals surface area contributed by atoms with E-state index in [4.69, 9.17) is 4.98 Å². The summed E-state index contributed by atoms with van der Waals surface area (Å²) in [6, 6.07) is 1.75. The highest BCUT2D eigenvalue weighted by molar-refractivity contribution is 7.11. The number of amides is 1. The van der Waals surface area contributed by atoms with Gasteiger partial charge in [0.1, 0.15) is 11.5 Å². The van der Waals surface area contributed by atoms with E-state index in [9.17, 15) is 4.79 Å². The maximum atomic E-state index is 12.9. The molecule has 1 aliphatic carbocycles. The molecule has 0 spiro atoms. The zero-order chi connectivity index (χ0) is 16.7. The second-order valence-electron chi connectivity index (χ2n) is 6.86. The van der Waals surface area contributed by atoms with Crippen LogP contribution in [0.15, 0.2) is 12.3 Å². The van der Waals surface area contributed by atoms with E-state index >= 15 is 0 Å². The fourth-order valence-electron chi connectivity index (χ4n) is 3.23. The Morgan fingerprint density at radius 3 is 2.75 bits per heavy atom. The Hall–Kier alpha value is -1.82. The number of aryl methyl sites for hydroxylation is 2. The molecule has 1 atom stereocenters. The van der Waals surface area contributed by atoms with Crippen molar-refractivity contribution in [3.05, 3.63) is 39.4 Å². The minimum atomic E-state index is 0.0361. The molecule has 6 heteroatoms. The number of piperidine rings is 1. The van der Waals surface area contributed by atoms with Crippen LogP contribution in [0.4, 0.5) is 0 Å². The second kappa shape index (κ2) is 6.24. The van der Waals surface area contributed by atoms with Gasteiger partial charge in [0.15, 0.2) is 0 Å². The van der Waals surface area contributed by atoms with E-state index in [-0.39, 0.29) is 5.91 Å². The van der Waals surface area contributed by atoms with Gasteiger partial charge in [0, 0.05) is 36.0 Å². The first-order chi connectivity index (χ1) is 11.6. The molecule has 0 bridgehead atoms. The summed E-state index contributed by atoms with van der Waals surface area (Å²) in [6.45, 7) is 5.72. The summed E-state index contributed by atoms with van der Waals surface area (Å²) in [4.78, 5) is 29.6. The lowest BCUT2D eigenvalue weighted by atomic mass is 9.98. The number of carbonyl (C=O) groups excluding carboxylic acids is 1. The Kier molecular flexibility index (Phi) is 4.08. The highest BCUT2D eigenvalue weighted by atomic mass is 32.1. The van der Waals surface area contributed by atoms with E-state index in [2.05, 4.69) is 23.8 Å². The van der Waals surface area contributed by atoms with Crippen molar-refractivity contribution in [1.29, 1.82) is 0 Å². The van der Waals surface area contributed by atoms with Crippen LogP contribution in [0.1, 0.15) is 69.4 Å². The molecule has 1 saturated carbocycles. The monoisotopic (exact) mass is 342 g/mol. The normalized spacial score (nSPS) is 21.1. The molecule has 24 heavy (non-hydrogen) atoms. The number of hydrogen-bond donors (Lipinski definition) is 0. The molecule has 5 nitrogen and oxygen atoms in total. The molecular weight excluding hydrogens is 320 g/mol. The molecule has 2 aliphatic rings. The minimum Gasteiger partial charge on any atom is -0.337 e.